The Bertz CT molecular complexity index is 436. The lowest BCUT2D eigenvalue weighted by atomic mass is 10.2. The molecule has 2 rings (SSSR count). The minimum atomic E-state index is -0.303. The second kappa shape index (κ2) is 2.87. The van der Waals surface area contributed by atoms with E-state index in [2.05, 4.69) is 0 Å². The summed E-state index contributed by atoms with van der Waals surface area (Å²) in [4.78, 5) is 0. The van der Waals surface area contributed by atoms with Crippen LogP contribution in [0.15, 0.2) is 17.5 Å². The molecule has 1 aromatic carbocycles. The molecule has 1 heterocycles. The van der Waals surface area contributed by atoms with Gasteiger partial charge < -0.3 is 0 Å². The first-order chi connectivity index (χ1) is 5.70. The molecule has 0 radical (unpaired) electrons. The summed E-state index contributed by atoms with van der Waals surface area (Å²) in [5, 5.41) is 2.79. The first-order valence-corrected chi connectivity index (χ1v) is 4.84. The summed E-state index contributed by atoms with van der Waals surface area (Å²) in [6.45, 7) is 0. The summed E-state index contributed by atoms with van der Waals surface area (Å²) in [5.74, 6) is -0.303. The van der Waals surface area contributed by atoms with Crippen LogP contribution in [-0.2, 0) is 0 Å². The molecule has 1 aromatic heterocycles. The first-order valence-electron chi connectivity index (χ1n) is 3.21. The van der Waals surface area contributed by atoms with Gasteiger partial charge in [0.05, 0.1) is 14.7 Å². The molecule has 0 aliphatic rings. The van der Waals surface area contributed by atoms with E-state index in [0.717, 1.165) is 0 Å². The van der Waals surface area contributed by atoms with Crippen LogP contribution in [0.3, 0.4) is 0 Å². The van der Waals surface area contributed by atoms with Gasteiger partial charge in [-0.25, -0.2) is 4.39 Å². The van der Waals surface area contributed by atoms with Crippen LogP contribution in [-0.4, -0.2) is 0 Å². The van der Waals surface area contributed by atoms with Gasteiger partial charge in [-0.2, -0.15) is 0 Å². The normalized spacial score (nSPS) is 10.9. The fraction of sp³-hybridized carbons (Fsp3) is 0. The number of benzene rings is 1. The summed E-state index contributed by atoms with van der Waals surface area (Å²) in [6, 6.07) is 3.27. The van der Waals surface area contributed by atoms with Gasteiger partial charge in [-0.3, -0.25) is 0 Å². The monoisotopic (exact) mass is 220 g/mol. The molecular formula is C8H3Cl2FS. The van der Waals surface area contributed by atoms with Crippen molar-refractivity contribution < 1.29 is 4.39 Å². The van der Waals surface area contributed by atoms with Crippen LogP contribution in [0.5, 0.6) is 0 Å². The fourth-order valence-corrected chi connectivity index (χ4v) is 2.48. The van der Waals surface area contributed by atoms with E-state index < -0.39 is 0 Å². The minimum absolute atomic E-state index is 0.303. The summed E-state index contributed by atoms with van der Waals surface area (Å²) in [7, 11) is 0. The Balaban J connectivity index is 2.98. The van der Waals surface area contributed by atoms with Crippen molar-refractivity contribution in [1.29, 1.82) is 0 Å². The molecular weight excluding hydrogens is 218 g/mol. The molecule has 0 aliphatic carbocycles. The molecule has 0 amide bonds. The van der Waals surface area contributed by atoms with Crippen LogP contribution in [0, 0.1) is 5.82 Å². The number of halogens is 3. The van der Waals surface area contributed by atoms with Gasteiger partial charge in [-0.1, -0.05) is 23.2 Å². The van der Waals surface area contributed by atoms with Gasteiger partial charge >= 0.3 is 0 Å². The Morgan fingerprint density at radius 1 is 1.17 bits per heavy atom. The van der Waals surface area contributed by atoms with E-state index in [1.807, 2.05) is 0 Å². The second-order valence-electron chi connectivity index (χ2n) is 2.32. The lowest BCUT2D eigenvalue weighted by molar-refractivity contribution is 0.644. The van der Waals surface area contributed by atoms with Gasteiger partial charge in [0.15, 0.2) is 0 Å². The van der Waals surface area contributed by atoms with Crippen molar-refractivity contribution in [3.8, 4) is 0 Å². The van der Waals surface area contributed by atoms with Gasteiger partial charge in [0.25, 0.3) is 0 Å². The third kappa shape index (κ3) is 1.11. The Morgan fingerprint density at radius 3 is 2.50 bits per heavy atom. The van der Waals surface area contributed by atoms with Crippen molar-refractivity contribution in [2.24, 2.45) is 0 Å². The van der Waals surface area contributed by atoms with Crippen LogP contribution >= 0.6 is 34.5 Å². The standard InChI is InChI=1S/C8H3Cl2FS/c9-4-1-2-5(10)8-7(4)6(11)3-12-8/h1-3H. The molecule has 0 atom stereocenters. The van der Waals surface area contributed by atoms with E-state index in [1.54, 1.807) is 12.1 Å². The lowest BCUT2D eigenvalue weighted by Crippen LogP contribution is -1.72. The molecule has 0 N–H and O–H groups in total. The summed E-state index contributed by atoms with van der Waals surface area (Å²) < 4.78 is 13.8. The Labute approximate surface area is 82.5 Å². The van der Waals surface area contributed by atoms with Crippen molar-refractivity contribution in [3.63, 3.8) is 0 Å². The molecule has 0 unspecified atom stereocenters. The van der Waals surface area contributed by atoms with Crippen molar-refractivity contribution >= 4 is 44.6 Å². The summed E-state index contributed by atoms with van der Waals surface area (Å²) in [5.41, 5.74) is 0. The number of hydrogen-bond donors (Lipinski definition) is 0. The van der Waals surface area contributed by atoms with Gasteiger partial charge in [-0.15, -0.1) is 11.3 Å². The molecule has 0 fully saturated rings. The highest BCUT2D eigenvalue weighted by atomic mass is 35.5. The fourth-order valence-electron chi connectivity index (χ4n) is 1.04. The third-order valence-corrected chi connectivity index (χ3v) is 3.30. The molecule has 0 saturated carbocycles. The number of rotatable bonds is 0. The highest BCUT2D eigenvalue weighted by molar-refractivity contribution is 7.18. The van der Waals surface area contributed by atoms with Gasteiger partial charge in [0.1, 0.15) is 5.82 Å². The van der Waals surface area contributed by atoms with Crippen LogP contribution in [0.25, 0.3) is 10.1 Å². The van der Waals surface area contributed by atoms with E-state index in [1.165, 1.54) is 16.7 Å². The largest absolute Gasteiger partial charge is 0.205 e. The maximum atomic E-state index is 13.1. The predicted octanol–water partition coefficient (Wildman–Crippen LogP) is 4.35. The summed E-state index contributed by atoms with van der Waals surface area (Å²) in [6.07, 6.45) is 0. The van der Waals surface area contributed by atoms with Crippen LogP contribution in [0.1, 0.15) is 0 Å². The van der Waals surface area contributed by atoms with E-state index in [4.69, 9.17) is 23.2 Å². The van der Waals surface area contributed by atoms with E-state index in [0.29, 0.717) is 20.1 Å². The van der Waals surface area contributed by atoms with E-state index in [9.17, 15) is 4.39 Å². The molecule has 2 aromatic rings. The van der Waals surface area contributed by atoms with Crippen molar-refractivity contribution in [2.45, 2.75) is 0 Å². The van der Waals surface area contributed by atoms with Crippen molar-refractivity contribution in [3.05, 3.63) is 33.4 Å². The first kappa shape index (κ1) is 8.30. The number of fused-ring (bicyclic) bond motifs is 1. The zero-order valence-corrected chi connectivity index (χ0v) is 8.10. The molecule has 12 heavy (non-hydrogen) atoms. The number of thiophene rings is 1. The highest BCUT2D eigenvalue weighted by Gasteiger charge is 2.09. The maximum Gasteiger partial charge on any atom is 0.143 e. The predicted molar refractivity (Wildman–Crippen MR) is 51.8 cm³/mol. The van der Waals surface area contributed by atoms with Crippen molar-refractivity contribution in [1.82, 2.24) is 0 Å². The molecule has 0 nitrogen and oxygen atoms in total. The molecule has 62 valence electrons. The Hall–Kier alpha value is -0.310. The smallest absolute Gasteiger partial charge is 0.143 e. The van der Waals surface area contributed by atoms with Crippen LogP contribution in [0.2, 0.25) is 10.0 Å². The average Bonchev–Trinajstić information content (AvgIpc) is 2.42. The summed E-state index contributed by atoms with van der Waals surface area (Å²) >= 11 is 12.9. The maximum absolute atomic E-state index is 13.1. The molecule has 4 heteroatoms. The molecule has 0 spiro atoms. The van der Waals surface area contributed by atoms with Crippen LogP contribution in [0.4, 0.5) is 4.39 Å². The molecule has 0 saturated heterocycles. The van der Waals surface area contributed by atoms with Crippen LogP contribution < -0.4 is 0 Å². The quantitative estimate of drug-likeness (QED) is 0.620. The average molecular weight is 221 g/mol. The van der Waals surface area contributed by atoms with Gasteiger partial charge in [0.2, 0.25) is 0 Å². The second-order valence-corrected chi connectivity index (χ2v) is 4.01. The lowest BCUT2D eigenvalue weighted by Gasteiger charge is -1.95. The number of hydrogen-bond acceptors (Lipinski definition) is 1. The van der Waals surface area contributed by atoms with Crippen molar-refractivity contribution in [2.75, 3.05) is 0 Å². The van der Waals surface area contributed by atoms with Gasteiger partial charge in [-0.05, 0) is 12.1 Å². The third-order valence-electron chi connectivity index (χ3n) is 1.58. The van der Waals surface area contributed by atoms with E-state index >= 15 is 0 Å². The van der Waals surface area contributed by atoms with E-state index in [-0.39, 0.29) is 5.82 Å². The highest BCUT2D eigenvalue weighted by Crippen LogP contribution is 2.35. The minimum Gasteiger partial charge on any atom is -0.205 e. The Morgan fingerprint density at radius 2 is 1.83 bits per heavy atom. The zero-order chi connectivity index (χ0) is 8.72. The Kier molecular flexibility index (Phi) is 1.99. The topological polar surface area (TPSA) is 0 Å². The molecule has 0 bridgehead atoms. The van der Waals surface area contributed by atoms with Gasteiger partial charge in [0, 0.05) is 10.8 Å². The SMILES string of the molecule is Fc1csc2c(Cl)ccc(Cl)c12. The zero-order valence-electron chi connectivity index (χ0n) is 5.77. The molecule has 0 aliphatic heterocycles.